The van der Waals surface area contributed by atoms with Gasteiger partial charge < -0.3 is 5.11 Å². The summed E-state index contributed by atoms with van der Waals surface area (Å²) in [4.78, 5) is 0. The first-order chi connectivity index (χ1) is 4.70. The lowest BCUT2D eigenvalue weighted by atomic mass is 10.1. The summed E-state index contributed by atoms with van der Waals surface area (Å²) in [7, 11) is 0. The molecule has 0 unspecified atom stereocenters. The Labute approximate surface area is 65.3 Å². The molecule has 0 bridgehead atoms. The minimum atomic E-state index is -0.655. The fraction of sp³-hybridized carbons (Fsp3) is 0.125. The molecule has 1 radical (unpaired) electrons. The van der Waals surface area contributed by atoms with Crippen LogP contribution in [0.3, 0.4) is 0 Å². The van der Waals surface area contributed by atoms with E-state index in [0.29, 0.717) is 5.02 Å². The number of hydrogen-bond donors (Lipinski definition) is 1. The summed E-state index contributed by atoms with van der Waals surface area (Å²) in [5.74, 6) is 0. The van der Waals surface area contributed by atoms with Gasteiger partial charge in [-0.1, -0.05) is 23.7 Å². The number of halogens is 1. The number of rotatable bonds is 1. The van der Waals surface area contributed by atoms with E-state index in [4.69, 9.17) is 16.7 Å². The lowest BCUT2D eigenvalue weighted by Crippen LogP contribution is -1.89. The zero-order valence-corrected chi connectivity index (χ0v) is 6.17. The van der Waals surface area contributed by atoms with Crippen LogP contribution >= 0.6 is 11.6 Å². The fourth-order valence-electron chi connectivity index (χ4n) is 0.685. The zero-order chi connectivity index (χ0) is 7.56. The molecule has 1 N–H and O–H groups in total. The molecule has 2 heteroatoms. The van der Waals surface area contributed by atoms with E-state index in [0.717, 1.165) is 5.56 Å². The summed E-state index contributed by atoms with van der Waals surface area (Å²) in [5, 5.41) is 9.63. The molecule has 1 rings (SSSR count). The van der Waals surface area contributed by atoms with Crippen LogP contribution in [0.2, 0.25) is 5.02 Å². The van der Waals surface area contributed by atoms with E-state index in [1.165, 1.54) is 0 Å². The maximum atomic E-state index is 8.96. The second-order valence-corrected chi connectivity index (χ2v) is 2.50. The average Bonchev–Trinajstić information content (AvgIpc) is 1.88. The highest BCUT2D eigenvalue weighted by atomic mass is 35.5. The lowest BCUT2D eigenvalue weighted by Gasteiger charge is -2.02. The third-order valence-corrected chi connectivity index (χ3v) is 1.51. The van der Waals surface area contributed by atoms with Crippen molar-refractivity contribution >= 4 is 11.6 Å². The normalized spacial score (nSPS) is 13.1. The van der Waals surface area contributed by atoms with E-state index in [2.05, 4.69) is 6.92 Å². The standard InChI is InChI=1S/C8H8ClO/c1-6(10)7-2-4-8(9)5-3-7/h2-6,10H,1H2/t6-/m0/s1. The van der Waals surface area contributed by atoms with Gasteiger partial charge >= 0.3 is 0 Å². The maximum absolute atomic E-state index is 8.96. The molecule has 10 heavy (non-hydrogen) atoms. The highest BCUT2D eigenvalue weighted by Crippen LogP contribution is 2.14. The van der Waals surface area contributed by atoms with Crippen molar-refractivity contribution in [2.75, 3.05) is 0 Å². The van der Waals surface area contributed by atoms with Crippen molar-refractivity contribution in [3.8, 4) is 0 Å². The second kappa shape index (κ2) is 3.04. The highest BCUT2D eigenvalue weighted by Gasteiger charge is 1.97. The predicted octanol–water partition coefficient (Wildman–Crippen LogP) is 2.21. The van der Waals surface area contributed by atoms with Gasteiger partial charge in [0.2, 0.25) is 0 Å². The van der Waals surface area contributed by atoms with E-state index >= 15 is 0 Å². The van der Waals surface area contributed by atoms with E-state index in [1.807, 2.05) is 0 Å². The predicted molar refractivity (Wildman–Crippen MR) is 41.8 cm³/mol. The van der Waals surface area contributed by atoms with Crippen LogP contribution in [0.5, 0.6) is 0 Å². The molecular formula is C8H8ClO. The van der Waals surface area contributed by atoms with Gasteiger partial charge in [0.25, 0.3) is 0 Å². The Morgan fingerprint density at radius 3 is 2.20 bits per heavy atom. The van der Waals surface area contributed by atoms with Crippen LogP contribution < -0.4 is 0 Å². The summed E-state index contributed by atoms with van der Waals surface area (Å²) in [6.45, 7) is 3.45. The Morgan fingerprint density at radius 1 is 1.30 bits per heavy atom. The van der Waals surface area contributed by atoms with Gasteiger partial charge in [-0.25, -0.2) is 0 Å². The van der Waals surface area contributed by atoms with E-state index in [9.17, 15) is 0 Å². The molecule has 0 fully saturated rings. The summed E-state index contributed by atoms with van der Waals surface area (Å²) >= 11 is 5.61. The summed E-state index contributed by atoms with van der Waals surface area (Å²) < 4.78 is 0. The molecule has 0 aromatic heterocycles. The lowest BCUT2D eigenvalue weighted by molar-refractivity contribution is 0.226. The van der Waals surface area contributed by atoms with Gasteiger partial charge in [0.15, 0.2) is 0 Å². The molecule has 1 aromatic carbocycles. The molecule has 1 nitrogen and oxygen atoms in total. The van der Waals surface area contributed by atoms with Crippen LogP contribution in [0, 0.1) is 6.92 Å². The minimum Gasteiger partial charge on any atom is -0.388 e. The molecular weight excluding hydrogens is 148 g/mol. The van der Waals surface area contributed by atoms with Crippen LogP contribution in [-0.2, 0) is 0 Å². The molecule has 1 aromatic rings. The molecule has 0 aliphatic heterocycles. The van der Waals surface area contributed by atoms with Crippen LogP contribution in [0.1, 0.15) is 11.7 Å². The van der Waals surface area contributed by atoms with Crippen molar-refractivity contribution in [2.45, 2.75) is 6.10 Å². The summed E-state index contributed by atoms with van der Waals surface area (Å²) in [5.41, 5.74) is 0.782. The van der Waals surface area contributed by atoms with Gasteiger partial charge in [-0.05, 0) is 24.6 Å². The van der Waals surface area contributed by atoms with Gasteiger partial charge in [0.05, 0.1) is 6.10 Å². The Kier molecular flexibility index (Phi) is 2.30. The Morgan fingerprint density at radius 2 is 1.80 bits per heavy atom. The minimum absolute atomic E-state index is 0.655. The van der Waals surface area contributed by atoms with Gasteiger partial charge in [0, 0.05) is 5.02 Å². The smallest absolute Gasteiger partial charge is 0.0791 e. The van der Waals surface area contributed by atoms with Gasteiger partial charge in [-0.2, -0.15) is 0 Å². The van der Waals surface area contributed by atoms with Crippen LogP contribution in [0.4, 0.5) is 0 Å². The molecule has 0 spiro atoms. The van der Waals surface area contributed by atoms with Crippen molar-refractivity contribution in [3.63, 3.8) is 0 Å². The molecule has 0 aliphatic carbocycles. The monoisotopic (exact) mass is 155 g/mol. The van der Waals surface area contributed by atoms with Crippen LogP contribution in [0.25, 0.3) is 0 Å². The maximum Gasteiger partial charge on any atom is 0.0791 e. The summed E-state index contributed by atoms with van der Waals surface area (Å²) in [6.07, 6.45) is -0.655. The van der Waals surface area contributed by atoms with Gasteiger partial charge in [-0.15, -0.1) is 0 Å². The van der Waals surface area contributed by atoms with Crippen LogP contribution in [0.15, 0.2) is 24.3 Å². The highest BCUT2D eigenvalue weighted by molar-refractivity contribution is 6.30. The van der Waals surface area contributed by atoms with E-state index < -0.39 is 6.10 Å². The molecule has 0 saturated heterocycles. The van der Waals surface area contributed by atoms with Crippen molar-refractivity contribution in [1.82, 2.24) is 0 Å². The molecule has 53 valence electrons. The molecule has 0 heterocycles. The number of aliphatic hydroxyl groups is 1. The molecule has 0 amide bonds. The first kappa shape index (κ1) is 7.58. The first-order valence-corrected chi connectivity index (χ1v) is 3.34. The molecule has 0 aliphatic rings. The first-order valence-electron chi connectivity index (χ1n) is 2.97. The van der Waals surface area contributed by atoms with Crippen molar-refractivity contribution in [1.29, 1.82) is 0 Å². The van der Waals surface area contributed by atoms with Crippen molar-refractivity contribution < 1.29 is 5.11 Å². The van der Waals surface area contributed by atoms with Gasteiger partial charge in [0.1, 0.15) is 0 Å². The molecule has 1 atom stereocenters. The number of benzene rings is 1. The zero-order valence-electron chi connectivity index (χ0n) is 5.42. The van der Waals surface area contributed by atoms with Crippen molar-refractivity contribution in [3.05, 3.63) is 41.8 Å². The third kappa shape index (κ3) is 1.72. The fourth-order valence-corrected chi connectivity index (χ4v) is 0.811. The average molecular weight is 156 g/mol. The Bertz CT molecular complexity index is 203. The Hall–Kier alpha value is -0.530. The second-order valence-electron chi connectivity index (χ2n) is 2.07. The van der Waals surface area contributed by atoms with Gasteiger partial charge in [-0.3, -0.25) is 0 Å². The number of hydrogen-bond acceptors (Lipinski definition) is 1. The quantitative estimate of drug-likeness (QED) is 0.660. The summed E-state index contributed by atoms with van der Waals surface area (Å²) in [6, 6.07) is 6.95. The largest absolute Gasteiger partial charge is 0.388 e. The van der Waals surface area contributed by atoms with E-state index in [-0.39, 0.29) is 0 Å². The number of aliphatic hydroxyl groups excluding tert-OH is 1. The topological polar surface area (TPSA) is 20.2 Å². The van der Waals surface area contributed by atoms with E-state index in [1.54, 1.807) is 24.3 Å². The SMILES string of the molecule is [CH2][C@H](O)c1ccc(Cl)cc1. The molecule has 0 saturated carbocycles. The van der Waals surface area contributed by atoms with Crippen molar-refractivity contribution in [2.24, 2.45) is 0 Å². The Balaban J connectivity index is 2.89. The third-order valence-electron chi connectivity index (χ3n) is 1.25. The van der Waals surface area contributed by atoms with Crippen LogP contribution in [-0.4, -0.2) is 5.11 Å².